The van der Waals surface area contributed by atoms with Crippen LogP contribution in [0.15, 0.2) is 51.8 Å². The van der Waals surface area contributed by atoms with Gasteiger partial charge in [-0.2, -0.15) is 0 Å². The van der Waals surface area contributed by atoms with E-state index in [1.54, 1.807) is 6.07 Å². The second kappa shape index (κ2) is 8.56. The lowest BCUT2D eigenvalue weighted by molar-refractivity contribution is -0.122. The quantitative estimate of drug-likeness (QED) is 0.616. The predicted octanol–water partition coefficient (Wildman–Crippen LogP) is 3.08. The van der Waals surface area contributed by atoms with E-state index >= 15 is 0 Å². The molecular formula is C21H23BrN2O5S. The van der Waals surface area contributed by atoms with Crippen molar-refractivity contribution in [2.75, 3.05) is 19.8 Å². The maximum Gasteiger partial charge on any atom is 0.240 e. The van der Waals surface area contributed by atoms with E-state index in [2.05, 4.69) is 26.0 Å². The molecule has 160 valence electrons. The van der Waals surface area contributed by atoms with E-state index in [0.29, 0.717) is 24.7 Å². The number of halogens is 1. The molecule has 0 aromatic heterocycles. The Kier molecular flexibility index (Phi) is 6.04. The van der Waals surface area contributed by atoms with E-state index in [4.69, 9.17) is 9.47 Å². The van der Waals surface area contributed by atoms with Crippen molar-refractivity contribution in [3.8, 4) is 11.5 Å². The third-order valence-electron chi connectivity index (χ3n) is 5.20. The van der Waals surface area contributed by atoms with Gasteiger partial charge in [0.1, 0.15) is 0 Å². The Balaban J connectivity index is 1.33. The molecule has 30 heavy (non-hydrogen) atoms. The molecule has 1 fully saturated rings. The minimum absolute atomic E-state index is 0.0129. The maximum absolute atomic E-state index is 12.6. The summed E-state index contributed by atoms with van der Waals surface area (Å²) in [6.45, 7) is 1.03. The molecular weight excluding hydrogens is 472 g/mol. The van der Waals surface area contributed by atoms with Gasteiger partial charge in [0.2, 0.25) is 15.9 Å². The zero-order chi connectivity index (χ0) is 21.2. The van der Waals surface area contributed by atoms with E-state index in [0.717, 1.165) is 29.3 Å². The van der Waals surface area contributed by atoms with E-state index in [-0.39, 0.29) is 29.3 Å². The van der Waals surface area contributed by atoms with Gasteiger partial charge >= 0.3 is 0 Å². The number of sulfonamides is 1. The first-order chi connectivity index (χ1) is 14.4. The summed E-state index contributed by atoms with van der Waals surface area (Å²) in [6, 6.07) is 12.4. The molecule has 1 saturated carbocycles. The van der Waals surface area contributed by atoms with Gasteiger partial charge in [-0.05, 0) is 42.7 Å². The average Bonchev–Trinajstić information content (AvgIpc) is 3.52. The molecule has 0 radical (unpaired) electrons. The molecule has 4 rings (SSSR count). The molecule has 0 bridgehead atoms. The number of ether oxygens (including phenoxy) is 2. The first-order valence-electron chi connectivity index (χ1n) is 9.84. The Morgan fingerprint density at radius 3 is 2.43 bits per heavy atom. The number of hydrogen-bond donors (Lipinski definition) is 2. The zero-order valence-corrected chi connectivity index (χ0v) is 18.7. The van der Waals surface area contributed by atoms with Gasteiger partial charge in [-0.15, -0.1) is 0 Å². The lowest BCUT2D eigenvalue weighted by Crippen LogP contribution is -2.37. The number of amides is 1. The fraction of sp³-hybridized carbons (Fsp3) is 0.381. The molecule has 9 heteroatoms. The van der Waals surface area contributed by atoms with E-state index in [9.17, 15) is 13.2 Å². The summed E-state index contributed by atoms with van der Waals surface area (Å²) < 4.78 is 39.7. The Labute approximate surface area is 184 Å². The van der Waals surface area contributed by atoms with Crippen molar-refractivity contribution in [1.82, 2.24) is 10.0 Å². The van der Waals surface area contributed by atoms with Crippen LogP contribution in [0.5, 0.6) is 11.5 Å². The van der Waals surface area contributed by atoms with E-state index < -0.39 is 10.0 Å². The lowest BCUT2D eigenvalue weighted by Gasteiger charge is -2.18. The number of carbonyl (C=O) groups excluding carboxylic acids is 1. The van der Waals surface area contributed by atoms with Crippen molar-refractivity contribution in [2.45, 2.75) is 36.1 Å². The SMILES string of the molecule is O=C(CCNS(=O)(=O)c1ccc2c(c1)OCCCO2)NC1(c2ccc(Br)cc2)CC1. The first-order valence-corrected chi connectivity index (χ1v) is 12.1. The molecule has 0 unspecified atom stereocenters. The molecule has 0 spiro atoms. The van der Waals surface area contributed by atoms with Crippen LogP contribution in [-0.2, 0) is 20.4 Å². The second-order valence-corrected chi connectivity index (χ2v) is 10.1. The van der Waals surface area contributed by atoms with Gasteiger partial charge < -0.3 is 14.8 Å². The molecule has 2 N–H and O–H groups in total. The third-order valence-corrected chi connectivity index (χ3v) is 7.19. The van der Waals surface area contributed by atoms with Crippen LogP contribution in [-0.4, -0.2) is 34.1 Å². The zero-order valence-electron chi connectivity index (χ0n) is 16.3. The fourth-order valence-corrected chi connectivity index (χ4v) is 4.71. The summed E-state index contributed by atoms with van der Waals surface area (Å²) in [7, 11) is -3.76. The normalized spacial score (nSPS) is 17.1. The van der Waals surface area contributed by atoms with Crippen molar-refractivity contribution in [2.24, 2.45) is 0 Å². The molecule has 1 aliphatic heterocycles. The van der Waals surface area contributed by atoms with Crippen molar-refractivity contribution in [3.63, 3.8) is 0 Å². The summed E-state index contributed by atoms with van der Waals surface area (Å²) >= 11 is 3.41. The Bertz CT molecular complexity index is 1040. The number of rotatable bonds is 7. The van der Waals surface area contributed by atoms with Crippen LogP contribution in [0.3, 0.4) is 0 Å². The summed E-state index contributed by atoms with van der Waals surface area (Å²) in [5.41, 5.74) is 0.734. The molecule has 0 atom stereocenters. The van der Waals surface area contributed by atoms with Crippen LogP contribution in [0.25, 0.3) is 0 Å². The van der Waals surface area contributed by atoms with Crippen molar-refractivity contribution in [1.29, 1.82) is 0 Å². The molecule has 0 saturated heterocycles. The topological polar surface area (TPSA) is 93.7 Å². The highest BCUT2D eigenvalue weighted by Crippen LogP contribution is 2.45. The fourth-order valence-electron chi connectivity index (χ4n) is 3.40. The van der Waals surface area contributed by atoms with Gasteiger partial charge in [0.25, 0.3) is 0 Å². The third kappa shape index (κ3) is 4.79. The number of benzene rings is 2. The summed E-state index contributed by atoms with van der Waals surface area (Å²) in [4.78, 5) is 12.5. The Morgan fingerprint density at radius 2 is 1.73 bits per heavy atom. The largest absolute Gasteiger partial charge is 0.490 e. The molecule has 2 aromatic rings. The summed E-state index contributed by atoms with van der Waals surface area (Å²) in [5.74, 6) is 0.767. The van der Waals surface area contributed by atoms with Crippen molar-refractivity contribution < 1.29 is 22.7 Å². The van der Waals surface area contributed by atoms with Gasteiger partial charge in [-0.1, -0.05) is 28.1 Å². The molecule has 2 aliphatic rings. The van der Waals surface area contributed by atoms with Crippen molar-refractivity contribution >= 4 is 31.9 Å². The number of hydrogen-bond acceptors (Lipinski definition) is 5. The van der Waals surface area contributed by atoms with Crippen LogP contribution in [0.2, 0.25) is 0 Å². The van der Waals surface area contributed by atoms with Gasteiger partial charge in [-0.3, -0.25) is 4.79 Å². The van der Waals surface area contributed by atoms with Crippen molar-refractivity contribution in [3.05, 3.63) is 52.5 Å². The highest BCUT2D eigenvalue weighted by Gasteiger charge is 2.45. The molecule has 2 aromatic carbocycles. The molecule has 1 amide bonds. The van der Waals surface area contributed by atoms with Crippen LogP contribution in [0.4, 0.5) is 0 Å². The summed E-state index contributed by atoms with van der Waals surface area (Å²) in [6.07, 6.45) is 2.56. The van der Waals surface area contributed by atoms with Gasteiger partial charge in [0.15, 0.2) is 11.5 Å². The molecule has 1 heterocycles. The van der Waals surface area contributed by atoms with Gasteiger partial charge in [0.05, 0.1) is 23.6 Å². The molecule has 1 aliphatic carbocycles. The number of carbonyl (C=O) groups is 1. The van der Waals surface area contributed by atoms with E-state index in [1.807, 2.05) is 24.3 Å². The van der Waals surface area contributed by atoms with Crippen LogP contribution >= 0.6 is 15.9 Å². The van der Waals surface area contributed by atoms with Crippen LogP contribution in [0, 0.1) is 0 Å². The highest BCUT2D eigenvalue weighted by atomic mass is 79.9. The highest BCUT2D eigenvalue weighted by molar-refractivity contribution is 9.10. The van der Waals surface area contributed by atoms with Gasteiger partial charge in [0, 0.05) is 29.9 Å². The minimum Gasteiger partial charge on any atom is -0.490 e. The van der Waals surface area contributed by atoms with Crippen LogP contribution in [0.1, 0.15) is 31.2 Å². The number of fused-ring (bicyclic) bond motifs is 1. The maximum atomic E-state index is 12.6. The first kappa shape index (κ1) is 21.1. The Morgan fingerprint density at radius 1 is 1.03 bits per heavy atom. The second-order valence-electron chi connectivity index (χ2n) is 7.44. The Hall–Kier alpha value is -2.10. The monoisotopic (exact) mass is 494 g/mol. The average molecular weight is 495 g/mol. The smallest absolute Gasteiger partial charge is 0.240 e. The standard InChI is InChI=1S/C21H23BrN2O5S/c22-16-4-2-15(3-5-16)21(9-10-21)24-20(25)8-11-23-30(26,27)17-6-7-18-19(14-17)29-13-1-12-28-18/h2-7,14,23H,1,8-13H2,(H,24,25). The molecule has 7 nitrogen and oxygen atoms in total. The lowest BCUT2D eigenvalue weighted by atomic mass is 10.0. The van der Waals surface area contributed by atoms with E-state index in [1.165, 1.54) is 12.1 Å². The predicted molar refractivity (Wildman–Crippen MR) is 115 cm³/mol. The van der Waals surface area contributed by atoms with Gasteiger partial charge in [-0.25, -0.2) is 13.1 Å². The minimum atomic E-state index is -3.76. The summed E-state index contributed by atoms with van der Waals surface area (Å²) in [5, 5.41) is 3.05. The van der Waals surface area contributed by atoms with Crippen LogP contribution < -0.4 is 19.5 Å². The number of nitrogens with one attached hydrogen (secondary N) is 2.